The number of aryl methyl sites for hydroxylation is 1. The van der Waals surface area contributed by atoms with Crippen molar-refractivity contribution in [3.05, 3.63) is 78.0 Å². The van der Waals surface area contributed by atoms with E-state index in [4.69, 9.17) is 4.74 Å². The summed E-state index contributed by atoms with van der Waals surface area (Å²) < 4.78 is 7.77. The minimum absolute atomic E-state index is 0. The normalized spacial score (nSPS) is 12.2. The molecule has 166 valence electrons. The van der Waals surface area contributed by atoms with Crippen molar-refractivity contribution in [3.8, 4) is 5.82 Å². The van der Waals surface area contributed by atoms with E-state index in [0.717, 1.165) is 29.7 Å². The number of nitrogens with zero attached hydrogens (tertiary/aromatic N) is 4. The number of hydrogen-bond acceptors (Lipinski definition) is 4. The predicted octanol–water partition coefficient (Wildman–Crippen LogP) is 3.71. The maximum Gasteiger partial charge on any atom is 0.191 e. The number of benzene rings is 1. The van der Waals surface area contributed by atoms with Crippen molar-refractivity contribution in [3.63, 3.8) is 0 Å². The fourth-order valence-electron chi connectivity index (χ4n) is 2.97. The van der Waals surface area contributed by atoms with Crippen LogP contribution in [0.1, 0.15) is 23.9 Å². The SMILES string of the molecule is CN=C(NCc1ccc(-n2ccnc2C)nc1)NCC(C)COCc1ccccc1.I. The molecule has 0 radical (unpaired) electrons. The molecular weight excluding hydrogens is 503 g/mol. The zero-order valence-corrected chi connectivity index (χ0v) is 20.6. The van der Waals surface area contributed by atoms with E-state index < -0.39 is 0 Å². The molecule has 0 saturated heterocycles. The van der Waals surface area contributed by atoms with E-state index in [0.29, 0.717) is 25.7 Å². The Morgan fingerprint density at radius 3 is 2.55 bits per heavy atom. The van der Waals surface area contributed by atoms with Gasteiger partial charge in [0.05, 0.1) is 13.2 Å². The molecule has 0 bridgehead atoms. The summed E-state index contributed by atoms with van der Waals surface area (Å²) in [4.78, 5) is 13.1. The monoisotopic (exact) mass is 534 g/mol. The summed E-state index contributed by atoms with van der Waals surface area (Å²) in [6, 6.07) is 14.3. The van der Waals surface area contributed by atoms with Gasteiger partial charge in [-0.15, -0.1) is 24.0 Å². The summed E-state index contributed by atoms with van der Waals surface area (Å²) in [7, 11) is 1.77. The first-order valence-electron chi connectivity index (χ1n) is 10.2. The number of rotatable bonds is 9. The van der Waals surface area contributed by atoms with E-state index in [-0.39, 0.29) is 24.0 Å². The van der Waals surface area contributed by atoms with Crippen LogP contribution in [0.2, 0.25) is 0 Å². The molecule has 0 amide bonds. The minimum Gasteiger partial charge on any atom is -0.376 e. The van der Waals surface area contributed by atoms with Crippen LogP contribution in [-0.2, 0) is 17.9 Å². The number of guanidine groups is 1. The van der Waals surface area contributed by atoms with E-state index in [1.807, 2.05) is 48.1 Å². The molecule has 1 aromatic carbocycles. The lowest BCUT2D eigenvalue weighted by atomic mass is 10.2. The minimum atomic E-state index is 0. The average molecular weight is 534 g/mol. The highest BCUT2D eigenvalue weighted by Crippen LogP contribution is 2.08. The first-order chi connectivity index (χ1) is 14.7. The molecule has 8 heteroatoms. The van der Waals surface area contributed by atoms with Crippen LogP contribution in [0.3, 0.4) is 0 Å². The van der Waals surface area contributed by atoms with Crippen molar-refractivity contribution in [2.24, 2.45) is 10.9 Å². The molecule has 7 nitrogen and oxygen atoms in total. The molecule has 2 aromatic heterocycles. The highest BCUT2D eigenvalue weighted by Gasteiger charge is 2.06. The molecule has 0 spiro atoms. The van der Waals surface area contributed by atoms with E-state index in [9.17, 15) is 0 Å². The smallest absolute Gasteiger partial charge is 0.191 e. The predicted molar refractivity (Wildman–Crippen MR) is 135 cm³/mol. The molecule has 0 fully saturated rings. The van der Waals surface area contributed by atoms with Crippen LogP contribution in [0.15, 0.2) is 66.0 Å². The first-order valence-corrected chi connectivity index (χ1v) is 10.2. The molecular formula is C23H31IN6O. The molecule has 31 heavy (non-hydrogen) atoms. The van der Waals surface area contributed by atoms with Crippen LogP contribution in [0.5, 0.6) is 0 Å². The third-order valence-electron chi connectivity index (χ3n) is 4.70. The maximum atomic E-state index is 5.81. The Bertz CT molecular complexity index is 927. The highest BCUT2D eigenvalue weighted by atomic mass is 127. The average Bonchev–Trinajstić information content (AvgIpc) is 3.21. The first kappa shape index (κ1) is 24.8. The summed E-state index contributed by atoms with van der Waals surface area (Å²) in [6.45, 7) is 6.88. The van der Waals surface area contributed by atoms with Crippen LogP contribution >= 0.6 is 24.0 Å². The van der Waals surface area contributed by atoms with Gasteiger partial charge in [-0.1, -0.05) is 43.3 Å². The Balaban J connectivity index is 0.00000341. The second-order valence-corrected chi connectivity index (χ2v) is 7.28. The van der Waals surface area contributed by atoms with E-state index in [2.05, 4.69) is 50.7 Å². The number of pyridine rings is 1. The third-order valence-corrected chi connectivity index (χ3v) is 4.70. The Hall–Kier alpha value is -2.46. The van der Waals surface area contributed by atoms with Gasteiger partial charge in [0, 0.05) is 38.7 Å². The third kappa shape index (κ3) is 7.95. The van der Waals surface area contributed by atoms with Gasteiger partial charge in [-0.25, -0.2) is 9.97 Å². The lowest BCUT2D eigenvalue weighted by Gasteiger charge is -2.16. The number of imidazole rings is 1. The molecule has 0 aliphatic carbocycles. The van der Waals surface area contributed by atoms with Gasteiger partial charge in [-0.2, -0.15) is 0 Å². The van der Waals surface area contributed by atoms with Crippen LogP contribution in [0.25, 0.3) is 5.82 Å². The molecule has 0 saturated carbocycles. The second kappa shape index (κ2) is 13.1. The summed E-state index contributed by atoms with van der Waals surface area (Å²) in [6.07, 6.45) is 5.55. The molecule has 3 aromatic rings. The fourth-order valence-corrected chi connectivity index (χ4v) is 2.97. The molecule has 3 rings (SSSR count). The van der Waals surface area contributed by atoms with E-state index in [1.54, 1.807) is 13.2 Å². The number of aromatic nitrogens is 3. The van der Waals surface area contributed by atoms with Crippen molar-refractivity contribution in [2.75, 3.05) is 20.2 Å². The molecule has 0 aliphatic heterocycles. The lowest BCUT2D eigenvalue weighted by Crippen LogP contribution is -2.39. The van der Waals surface area contributed by atoms with Crippen molar-refractivity contribution in [2.45, 2.75) is 27.0 Å². The van der Waals surface area contributed by atoms with Crippen LogP contribution in [0.4, 0.5) is 0 Å². The Morgan fingerprint density at radius 1 is 1.10 bits per heavy atom. The number of halogens is 1. The van der Waals surface area contributed by atoms with Gasteiger partial charge < -0.3 is 15.4 Å². The standard InChI is InChI=1S/C23H30N6O.HI/c1-18(16-30-17-20-7-5-4-6-8-20)13-27-23(24-3)28-15-21-9-10-22(26-14-21)29-12-11-25-19(29)2;/h4-12,14,18H,13,15-17H2,1-3H3,(H2,24,27,28);1H. The highest BCUT2D eigenvalue weighted by molar-refractivity contribution is 14.0. The summed E-state index contributed by atoms with van der Waals surface area (Å²) in [5.41, 5.74) is 2.27. The summed E-state index contributed by atoms with van der Waals surface area (Å²) in [5.74, 6) is 2.91. The van der Waals surface area contributed by atoms with Gasteiger partial charge in [-0.3, -0.25) is 9.56 Å². The van der Waals surface area contributed by atoms with Gasteiger partial charge in [-0.05, 0) is 30.0 Å². The Kier molecular flexibility index (Phi) is 10.5. The van der Waals surface area contributed by atoms with Crippen molar-refractivity contribution < 1.29 is 4.74 Å². The van der Waals surface area contributed by atoms with Gasteiger partial charge in [0.2, 0.25) is 0 Å². The summed E-state index contributed by atoms with van der Waals surface area (Å²) in [5, 5.41) is 6.68. The topological polar surface area (TPSA) is 76.4 Å². The summed E-state index contributed by atoms with van der Waals surface area (Å²) >= 11 is 0. The number of hydrogen-bond donors (Lipinski definition) is 2. The second-order valence-electron chi connectivity index (χ2n) is 7.28. The number of ether oxygens (including phenoxy) is 1. The van der Waals surface area contributed by atoms with Crippen LogP contribution in [-0.4, -0.2) is 40.7 Å². The zero-order valence-electron chi connectivity index (χ0n) is 18.3. The molecule has 0 aliphatic rings. The molecule has 2 N–H and O–H groups in total. The van der Waals surface area contributed by atoms with Crippen LogP contribution in [0, 0.1) is 12.8 Å². The fraction of sp³-hybridized carbons (Fsp3) is 0.348. The largest absolute Gasteiger partial charge is 0.376 e. The van der Waals surface area contributed by atoms with Gasteiger partial charge in [0.15, 0.2) is 5.96 Å². The van der Waals surface area contributed by atoms with Crippen molar-refractivity contribution in [1.82, 2.24) is 25.2 Å². The van der Waals surface area contributed by atoms with Crippen LogP contribution < -0.4 is 10.6 Å². The molecule has 2 heterocycles. The van der Waals surface area contributed by atoms with Crippen molar-refractivity contribution >= 4 is 29.9 Å². The Morgan fingerprint density at radius 2 is 1.90 bits per heavy atom. The van der Waals surface area contributed by atoms with Gasteiger partial charge >= 0.3 is 0 Å². The molecule has 1 unspecified atom stereocenters. The Labute approximate surface area is 201 Å². The van der Waals surface area contributed by atoms with Gasteiger partial charge in [0.25, 0.3) is 0 Å². The number of aliphatic imine (C=N–C) groups is 1. The van der Waals surface area contributed by atoms with E-state index >= 15 is 0 Å². The zero-order chi connectivity index (χ0) is 21.2. The van der Waals surface area contributed by atoms with E-state index in [1.165, 1.54) is 5.56 Å². The number of nitrogens with one attached hydrogen (secondary N) is 2. The maximum absolute atomic E-state index is 5.81. The van der Waals surface area contributed by atoms with Crippen molar-refractivity contribution in [1.29, 1.82) is 0 Å². The molecule has 1 atom stereocenters. The quantitative estimate of drug-likeness (QED) is 0.249. The lowest BCUT2D eigenvalue weighted by molar-refractivity contribution is 0.0931. The van der Waals surface area contributed by atoms with Gasteiger partial charge in [0.1, 0.15) is 11.6 Å².